The Bertz CT molecular complexity index is 448. The maximum absolute atomic E-state index is 5.97. The summed E-state index contributed by atoms with van der Waals surface area (Å²) in [5.74, 6) is 0.709. The highest BCUT2D eigenvalue weighted by Crippen LogP contribution is 2.35. The van der Waals surface area contributed by atoms with Gasteiger partial charge in [0.25, 0.3) is 0 Å². The van der Waals surface area contributed by atoms with Gasteiger partial charge in [-0.25, -0.2) is 0 Å². The quantitative estimate of drug-likeness (QED) is 0.915. The highest BCUT2D eigenvalue weighted by Gasteiger charge is 2.38. The molecule has 0 aromatic carbocycles. The van der Waals surface area contributed by atoms with E-state index in [2.05, 4.69) is 37.4 Å². The highest BCUT2D eigenvalue weighted by atomic mass is 16.5. The summed E-state index contributed by atoms with van der Waals surface area (Å²) >= 11 is 0. The number of aryl methyl sites for hydroxylation is 1. The monoisotopic (exact) mass is 274 g/mol. The van der Waals surface area contributed by atoms with Crippen LogP contribution in [0.15, 0.2) is 18.2 Å². The van der Waals surface area contributed by atoms with Crippen molar-refractivity contribution < 1.29 is 4.74 Å². The van der Waals surface area contributed by atoms with Crippen molar-refractivity contribution in [2.24, 2.45) is 5.92 Å². The van der Waals surface area contributed by atoms with Gasteiger partial charge >= 0.3 is 0 Å². The van der Waals surface area contributed by atoms with E-state index in [1.807, 2.05) is 0 Å². The van der Waals surface area contributed by atoms with Crippen LogP contribution in [0.5, 0.6) is 0 Å². The predicted molar refractivity (Wildman–Crippen MR) is 80.7 cm³/mol. The summed E-state index contributed by atoms with van der Waals surface area (Å²) < 4.78 is 5.97. The van der Waals surface area contributed by atoms with Crippen molar-refractivity contribution in [1.29, 1.82) is 0 Å². The molecule has 1 N–H and O–H groups in total. The molecule has 20 heavy (non-hydrogen) atoms. The van der Waals surface area contributed by atoms with Crippen LogP contribution < -0.4 is 5.32 Å². The fraction of sp³-hybridized carbons (Fsp3) is 0.706. The molecular weight excluding hydrogens is 248 g/mol. The largest absolute Gasteiger partial charge is 0.376 e. The number of aromatic nitrogens is 1. The lowest BCUT2D eigenvalue weighted by atomic mass is 9.83. The van der Waals surface area contributed by atoms with Crippen molar-refractivity contribution in [3.8, 4) is 0 Å². The third kappa shape index (κ3) is 2.89. The molecule has 0 amide bonds. The number of nitrogens with one attached hydrogen (secondary N) is 1. The zero-order valence-electron chi connectivity index (χ0n) is 12.6. The molecule has 1 saturated heterocycles. The fourth-order valence-corrected chi connectivity index (χ4v) is 3.66. The molecule has 1 aliphatic heterocycles. The minimum atomic E-state index is 0.302. The van der Waals surface area contributed by atoms with E-state index in [-0.39, 0.29) is 0 Å². The Labute approximate surface area is 122 Å². The Balaban J connectivity index is 1.64. The number of ether oxygens (including phenoxy) is 1. The van der Waals surface area contributed by atoms with Gasteiger partial charge in [0, 0.05) is 23.7 Å². The third-order valence-electron chi connectivity index (χ3n) is 4.86. The van der Waals surface area contributed by atoms with E-state index in [0.717, 1.165) is 18.7 Å². The maximum atomic E-state index is 5.97. The first kappa shape index (κ1) is 14.0. The van der Waals surface area contributed by atoms with E-state index in [1.54, 1.807) is 0 Å². The van der Waals surface area contributed by atoms with Crippen LogP contribution >= 0.6 is 0 Å². The average Bonchev–Trinajstić information content (AvgIpc) is 2.90. The van der Waals surface area contributed by atoms with Crippen molar-refractivity contribution in [3.05, 3.63) is 29.6 Å². The van der Waals surface area contributed by atoms with Gasteiger partial charge in [0.1, 0.15) is 0 Å². The molecule has 2 heterocycles. The summed E-state index contributed by atoms with van der Waals surface area (Å²) in [5.41, 5.74) is 2.33. The number of fused-ring (bicyclic) bond motifs is 1. The summed E-state index contributed by atoms with van der Waals surface area (Å²) in [6.45, 7) is 5.24. The Hall–Kier alpha value is -0.930. The van der Waals surface area contributed by atoms with Gasteiger partial charge in [-0.3, -0.25) is 4.98 Å². The first-order chi connectivity index (χ1) is 9.78. The molecule has 1 saturated carbocycles. The molecule has 4 atom stereocenters. The van der Waals surface area contributed by atoms with Crippen molar-refractivity contribution in [1.82, 2.24) is 10.3 Å². The van der Waals surface area contributed by atoms with E-state index < -0.39 is 0 Å². The summed E-state index contributed by atoms with van der Waals surface area (Å²) in [4.78, 5) is 4.73. The zero-order chi connectivity index (χ0) is 13.9. The second-order valence-electron chi connectivity index (χ2n) is 6.22. The van der Waals surface area contributed by atoms with E-state index in [1.165, 1.54) is 31.4 Å². The molecule has 0 bridgehead atoms. The number of rotatable bonds is 4. The number of pyridine rings is 1. The molecule has 3 nitrogen and oxygen atoms in total. The Kier molecular flexibility index (Phi) is 4.37. The van der Waals surface area contributed by atoms with Crippen molar-refractivity contribution in [2.45, 2.75) is 64.1 Å². The van der Waals surface area contributed by atoms with E-state index in [4.69, 9.17) is 9.72 Å². The molecule has 0 spiro atoms. The lowest BCUT2D eigenvalue weighted by Crippen LogP contribution is -2.40. The molecule has 3 heteroatoms. The van der Waals surface area contributed by atoms with Crippen LogP contribution in [0.2, 0.25) is 0 Å². The van der Waals surface area contributed by atoms with E-state index in [9.17, 15) is 0 Å². The predicted octanol–water partition coefficient (Wildman–Crippen LogP) is 3.25. The molecule has 4 unspecified atom stereocenters. The molecule has 1 aromatic heterocycles. The van der Waals surface area contributed by atoms with Crippen LogP contribution in [-0.4, -0.2) is 23.7 Å². The lowest BCUT2D eigenvalue weighted by molar-refractivity contribution is 0.0663. The third-order valence-corrected chi connectivity index (χ3v) is 4.86. The lowest BCUT2D eigenvalue weighted by Gasteiger charge is -2.29. The normalized spacial score (nSPS) is 31.0. The summed E-state index contributed by atoms with van der Waals surface area (Å²) in [6, 6.07) is 7.16. The van der Waals surface area contributed by atoms with Gasteiger partial charge in [-0.05, 0) is 38.3 Å². The minimum absolute atomic E-state index is 0.302. The van der Waals surface area contributed by atoms with Gasteiger partial charge in [0.15, 0.2) is 0 Å². The first-order valence-corrected chi connectivity index (χ1v) is 8.11. The molecule has 110 valence electrons. The summed E-state index contributed by atoms with van der Waals surface area (Å²) in [7, 11) is 0. The van der Waals surface area contributed by atoms with Crippen molar-refractivity contribution in [3.63, 3.8) is 0 Å². The molecule has 0 radical (unpaired) electrons. The fourth-order valence-electron chi connectivity index (χ4n) is 3.66. The van der Waals surface area contributed by atoms with Crippen LogP contribution in [0.25, 0.3) is 0 Å². The van der Waals surface area contributed by atoms with Gasteiger partial charge in [0.05, 0.1) is 18.4 Å². The summed E-state index contributed by atoms with van der Waals surface area (Å²) in [5, 5.41) is 3.76. The standard InChI is InChI=1S/C17H26N2O/c1-3-13-7-6-9-15(19-13)12(2)18-16-11-20-17-10-5-4-8-14(16)17/h6-7,9,12,14,16-18H,3-5,8,10-11H2,1-2H3. The number of hydrogen-bond acceptors (Lipinski definition) is 3. The van der Waals surface area contributed by atoms with E-state index >= 15 is 0 Å². The Morgan fingerprint density at radius 2 is 2.20 bits per heavy atom. The number of nitrogens with zero attached hydrogens (tertiary/aromatic N) is 1. The van der Waals surface area contributed by atoms with Gasteiger partial charge < -0.3 is 10.1 Å². The maximum Gasteiger partial charge on any atom is 0.0627 e. The van der Waals surface area contributed by atoms with Crippen LogP contribution in [0, 0.1) is 5.92 Å². The molecular formula is C17H26N2O. The second-order valence-corrected chi connectivity index (χ2v) is 6.22. The van der Waals surface area contributed by atoms with Gasteiger partial charge in [-0.1, -0.05) is 25.8 Å². The first-order valence-electron chi connectivity index (χ1n) is 8.11. The van der Waals surface area contributed by atoms with Crippen LogP contribution in [-0.2, 0) is 11.2 Å². The Morgan fingerprint density at radius 1 is 1.35 bits per heavy atom. The summed E-state index contributed by atoms with van der Waals surface area (Å²) in [6.07, 6.45) is 6.77. The topological polar surface area (TPSA) is 34.1 Å². The van der Waals surface area contributed by atoms with Gasteiger partial charge in [-0.15, -0.1) is 0 Å². The minimum Gasteiger partial charge on any atom is -0.376 e. The second kappa shape index (κ2) is 6.23. The SMILES string of the molecule is CCc1cccc(C(C)NC2COC3CCCCC23)n1. The van der Waals surface area contributed by atoms with Crippen LogP contribution in [0.3, 0.4) is 0 Å². The zero-order valence-corrected chi connectivity index (χ0v) is 12.6. The Morgan fingerprint density at radius 3 is 3.05 bits per heavy atom. The van der Waals surface area contributed by atoms with Crippen molar-refractivity contribution in [2.75, 3.05) is 6.61 Å². The van der Waals surface area contributed by atoms with Crippen LogP contribution in [0.1, 0.15) is 57.0 Å². The van der Waals surface area contributed by atoms with Gasteiger partial charge in [-0.2, -0.15) is 0 Å². The molecule has 1 aliphatic carbocycles. The highest BCUT2D eigenvalue weighted by molar-refractivity contribution is 5.14. The molecule has 1 aromatic rings. The van der Waals surface area contributed by atoms with Gasteiger partial charge in [0.2, 0.25) is 0 Å². The van der Waals surface area contributed by atoms with E-state index in [0.29, 0.717) is 24.1 Å². The molecule has 2 fully saturated rings. The van der Waals surface area contributed by atoms with Crippen LogP contribution in [0.4, 0.5) is 0 Å². The molecule has 2 aliphatic rings. The smallest absolute Gasteiger partial charge is 0.0627 e. The average molecular weight is 274 g/mol. The molecule has 3 rings (SSSR count). The van der Waals surface area contributed by atoms with Crippen molar-refractivity contribution >= 4 is 0 Å². The number of hydrogen-bond donors (Lipinski definition) is 1.